The van der Waals surface area contributed by atoms with Crippen LogP contribution in [-0.4, -0.2) is 59.7 Å². The monoisotopic (exact) mass is 481 g/mol. The first kappa shape index (κ1) is 27.2. The number of ketones is 1. The molecule has 3 unspecified atom stereocenters. The molecule has 0 aliphatic carbocycles. The minimum Gasteiger partial charge on any atom is -0.445 e. The number of nitrogens with zero attached hydrogens (tertiary/aromatic N) is 1. The summed E-state index contributed by atoms with van der Waals surface area (Å²) >= 11 is 0. The maximum Gasteiger partial charge on any atom is 0.408 e. The van der Waals surface area contributed by atoms with E-state index in [1.54, 1.807) is 39.8 Å². The largest absolute Gasteiger partial charge is 0.445 e. The Labute approximate surface area is 198 Å². The van der Waals surface area contributed by atoms with Gasteiger partial charge in [0.2, 0.25) is 17.6 Å². The Kier molecular flexibility index (Phi) is 9.95. The standard InChI is InChI=1S/C24H33F2N3O5/c1-14(2)18(20(30)21(25)26)27-22(31)17-11-8-12-29(17)23(32)19(15(3)4)28-24(33)34-13-16-9-6-5-7-10-16/h5-7,9-10,14-15,17-19,21H,8,11-13H2,1-4H3,(H,27,31)(H,28,33). The molecule has 3 atom stereocenters. The Morgan fingerprint density at radius 3 is 2.18 bits per heavy atom. The van der Waals surface area contributed by atoms with Crippen LogP contribution < -0.4 is 10.6 Å². The van der Waals surface area contributed by atoms with Crippen molar-refractivity contribution in [1.29, 1.82) is 0 Å². The van der Waals surface area contributed by atoms with Gasteiger partial charge in [-0.15, -0.1) is 0 Å². The number of Topliss-reactive ketones (excluding diaryl/α,β-unsaturated/α-hetero) is 1. The van der Waals surface area contributed by atoms with Gasteiger partial charge in [0.1, 0.15) is 18.7 Å². The second kappa shape index (κ2) is 12.4. The van der Waals surface area contributed by atoms with Crippen molar-refractivity contribution in [3.8, 4) is 0 Å². The van der Waals surface area contributed by atoms with Crippen LogP contribution in [0.15, 0.2) is 30.3 Å². The molecule has 188 valence electrons. The molecule has 1 aliphatic rings. The Morgan fingerprint density at radius 1 is 1.00 bits per heavy atom. The number of hydrogen-bond acceptors (Lipinski definition) is 5. The summed E-state index contributed by atoms with van der Waals surface area (Å²) in [5.74, 6) is -3.33. The molecule has 3 amide bonds. The summed E-state index contributed by atoms with van der Waals surface area (Å²) in [7, 11) is 0. The van der Waals surface area contributed by atoms with E-state index in [1.807, 2.05) is 18.2 Å². The van der Waals surface area contributed by atoms with Crippen LogP contribution in [0, 0.1) is 11.8 Å². The molecule has 0 spiro atoms. The first-order valence-electron chi connectivity index (χ1n) is 11.4. The van der Waals surface area contributed by atoms with Gasteiger partial charge in [-0.2, -0.15) is 0 Å². The maximum absolute atomic E-state index is 13.3. The summed E-state index contributed by atoms with van der Waals surface area (Å²) in [6, 6.07) is 5.86. The summed E-state index contributed by atoms with van der Waals surface area (Å²) < 4.78 is 31.1. The fraction of sp³-hybridized carbons (Fsp3) is 0.583. The smallest absolute Gasteiger partial charge is 0.408 e. The number of ether oxygens (including phenoxy) is 1. The molecule has 1 aromatic rings. The zero-order valence-corrected chi connectivity index (χ0v) is 19.9. The van der Waals surface area contributed by atoms with Gasteiger partial charge in [-0.25, -0.2) is 13.6 Å². The first-order valence-corrected chi connectivity index (χ1v) is 11.4. The summed E-state index contributed by atoms with van der Waals surface area (Å²) in [4.78, 5) is 51.6. The molecule has 0 bridgehead atoms. The molecule has 0 radical (unpaired) electrons. The molecule has 2 N–H and O–H groups in total. The molecule has 1 saturated heterocycles. The lowest BCUT2D eigenvalue weighted by Gasteiger charge is -2.31. The van der Waals surface area contributed by atoms with Gasteiger partial charge >= 0.3 is 6.09 Å². The average Bonchev–Trinajstić information content (AvgIpc) is 3.29. The number of benzene rings is 1. The van der Waals surface area contributed by atoms with Crippen molar-refractivity contribution in [2.24, 2.45) is 11.8 Å². The van der Waals surface area contributed by atoms with Crippen LogP contribution in [0.2, 0.25) is 0 Å². The van der Waals surface area contributed by atoms with Crippen LogP contribution in [0.1, 0.15) is 46.1 Å². The van der Waals surface area contributed by atoms with Gasteiger partial charge in [-0.05, 0) is 30.2 Å². The van der Waals surface area contributed by atoms with Crippen molar-refractivity contribution in [2.45, 2.75) is 71.7 Å². The van der Waals surface area contributed by atoms with Gasteiger partial charge < -0.3 is 20.3 Å². The van der Waals surface area contributed by atoms with Crippen molar-refractivity contribution in [3.05, 3.63) is 35.9 Å². The van der Waals surface area contributed by atoms with Gasteiger partial charge in [0.25, 0.3) is 6.43 Å². The number of carbonyl (C=O) groups is 4. The number of alkyl halides is 2. The minimum absolute atomic E-state index is 0.0369. The zero-order valence-electron chi connectivity index (χ0n) is 19.9. The van der Waals surface area contributed by atoms with Crippen LogP contribution in [0.3, 0.4) is 0 Å². The second-order valence-electron chi connectivity index (χ2n) is 9.05. The van der Waals surface area contributed by atoms with E-state index in [9.17, 15) is 28.0 Å². The van der Waals surface area contributed by atoms with Gasteiger partial charge in [0.15, 0.2) is 0 Å². The number of alkyl carbamates (subject to hydrolysis) is 1. The van der Waals surface area contributed by atoms with Gasteiger partial charge in [0.05, 0.1) is 6.04 Å². The summed E-state index contributed by atoms with van der Waals surface area (Å²) in [5, 5.41) is 4.98. The zero-order chi connectivity index (χ0) is 25.4. The van der Waals surface area contributed by atoms with Crippen molar-refractivity contribution in [1.82, 2.24) is 15.5 Å². The van der Waals surface area contributed by atoms with E-state index in [0.29, 0.717) is 12.8 Å². The van der Waals surface area contributed by atoms with Crippen molar-refractivity contribution >= 4 is 23.7 Å². The van der Waals surface area contributed by atoms with Crippen LogP contribution in [0.25, 0.3) is 0 Å². The lowest BCUT2D eigenvalue weighted by Crippen LogP contribution is -2.57. The Morgan fingerprint density at radius 2 is 1.62 bits per heavy atom. The fourth-order valence-corrected chi connectivity index (χ4v) is 3.84. The van der Waals surface area contributed by atoms with E-state index in [4.69, 9.17) is 4.74 Å². The fourth-order valence-electron chi connectivity index (χ4n) is 3.84. The highest BCUT2D eigenvalue weighted by Gasteiger charge is 2.40. The van der Waals surface area contributed by atoms with Gasteiger partial charge in [-0.3, -0.25) is 14.4 Å². The molecule has 34 heavy (non-hydrogen) atoms. The predicted octanol–water partition coefficient (Wildman–Crippen LogP) is 2.90. The maximum atomic E-state index is 13.3. The molecular formula is C24H33F2N3O5. The minimum atomic E-state index is -3.20. The molecule has 1 heterocycles. The lowest BCUT2D eigenvalue weighted by atomic mass is 9.99. The molecule has 10 heteroatoms. The Hall–Kier alpha value is -3.04. The number of rotatable bonds is 10. The lowest BCUT2D eigenvalue weighted by molar-refractivity contribution is -0.142. The number of hydrogen-bond donors (Lipinski definition) is 2. The molecule has 1 aromatic carbocycles. The number of carbonyl (C=O) groups excluding carboxylic acids is 4. The first-order chi connectivity index (χ1) is 16.0. The Balaban J connectivity index is 2.05. The van der Waals surface area contributed by atoms with Crippen LogP contribution >= 0.6 is 0 Å². The SMILES string of the molecule is CC(C)C(NC(=O)C1CCCN1C(=O)C(NC(=O)OCc1ccccc1)C(C)C)C(=O)C(F)F. The van der Waals surface area contributed by atoms with E-state index in [1.165, 1.54) is 4.90 Å². The molecule has 1 aliphatic heterocycles. The molecule has 1 fully saturated rings. The van der Waals surface area contributed by atoms with Gasteiger partial charge in [-0.1, -0.05) is 58.0 Å². The summed E-state index contributed by atoms with van der Waals surface area (Å²) in [5.41, 5.74) is 0.791. The molecule has 2 rings (SSSR count). The summed E-state index contributed by atoms with van der Waals surface area (Å²) in [6.07, 6.45) is -3.11. The van der Waals surface area contributed by atoms with Crippen molar-refractivity contribution < 1.29 is 32.7 Å². The summed E-state index contributed by atoms with van der Waals surface area (Å²) in [6.45, 7) is 6.93. The van der Waals surface area contributed by atoms with E-state index in [2.05, 4.69) is 10.6 Å². The normalized spacial score (nSPS) is 17.6. The third-order valence-electron chi connectivity index (χ3n) is 5.74. The van der Waals surface area contributed by atoms with E-state index in [-0.39, 0.29) is 19.1 Å². The number of nitrogens with one attached hydrogen (secondary N) is 2. The number of halogens is 2. The topological polar surface area (TPSA) is 105 Å². The van der Waals surface area contributed by atoms with Crippen LogP contribution in [0.5, 0.6) is 0 Å². The van der Waals surface area contributed by atoms with Crippen LogP contribution in [0.4, 0.5) is 13.6 Å². The Bertz CT molecular complexity index is 863. The average molecular weight is 482 g/mol. The third kappa shape index (κ3) is 7.23. The van der Waals surface area contributed by atoms with E-state index < -0.39 is 54.2 Å². The third-order valence-corrected chi connectivity index (χ3v) is 5.74. The van der Waals surface area contributed by atoms with E-state index in [0.717, 1.165) is 5.56 Å². The molecule has 0 saturated carbocycles. The second-order valence-corrected chi connectivity index (χ2v) is 9.05. The predicted molar refractivity (Wildman–Crippen MR) is 121 cm³/mol. The molecular weight excluding hydrogens is 448 g/mol. The quantitative estimate of drug-likeness (QED) is 0.535. The van der Waals surface area contributed by atoms with Crippen molar-refractivity contribution in [2.75, 3.05) is 6.54 Å². The number of likely N-dealkylation sites (tertiary alicyclic amines) is 1. The molecule has 0 aromatic heterocycles. The van der Waals surface area contributed by atoms with Gasteiger partial charge in [0, 0.05) is 6.54 Å². The number of amides is 3. The molecule has 8 nitrogen and oxygen atoms in total. The van der Waals surface area contributed by atoms with E-state index >= 15 is 0 Å². The highest BCUT2D eigenvalue weighted by atomic mass is 19.3. The highest BCUT2D eigenvalue weighted by Crippen LogP contribution is 2.21. The van der Waals surface area contributed by atoms with Crippen molar-refractivity contribution in [3.63, 3.8) is 0 Å². The highest BCUT2D eigenvalue weighted by molar-refractivity contribution is 5.95. The van der Waals surface area contributed by atoms with Crippen LogP contribution in [-0.2, 0) is 25.7 Å².